The summed E-state index contributed by atoms with van der Waals surface area (Å²) in [5.74, 6) is -0.0320. The monoisotopic (exact) mass is 347 g/mol. The summed E-state index contributed by atoms with van der Waals surface area (Å²) in [6, 6.07) is 7.44. The van der Waals surface area contributed by atoms with Crippen molar-refractivity contribution in [2.24, 2.45) is 0 Å². The first-order valence-electron chi connectivity index (χ1n) is 8.41. The summed E-state index contributed by atoms with van der Waals surface area (Å²) in [6.45, 7) is 5.30. The van der Waals surface area contributed by atoms with E-state index in [0.29, 0.717) is 17.3 Å². The molecule has 128 valence electrons. The van der Waals surface area contributed by atoms with Crippen molar-refractivity contribution in [3.05, 3.63) is 40.7 Å². The SMILES string of the molecule is CCCc1c(C(=O)N2CCCNCC2)nnn1-c1cccc(Cl)c1. The smallest absolute Gasteiger partial charge is 0.276 e. The number of rotatable bonds is 4. The number of benzene rings is 1. The first-order valence-corrected chi connectivity index (χ1v) is 8.79. The van der Waals surface area contributed by atoms with Gasteiger partial charge in [0.1, 0.15) is 0 Å². The van der Waals surface area contributed by atoms with Crippen molar-refractivity contribution < 1.29 is 4.79 Å². The molecule has 3 rings (SSSR count). The van der Waals surface area contributed by atoms with E-state index >= 15 is 0 Å². The van der Waals surface area contributed by atoms with E-state index in [1.165, 1.54) is 0 Å². The Morgan fingerprint density at radius 1 is 1.33 bits per heavy atom. The van der Waals surface area contributed by atoms with Crippen molar-refractivity contribution in [3.63, 3.8) is 0 Å². The van der Waals surface area contributed by atoms with Gasteiger partial charge in [0, 0.05) is 24.7 Å². The second-order valence-electron chi connectivity index (χ2n) is 5.92. The lowest BCUT2D eigenvalue weighted by Gasteiger charge is -2.19. The van der Waals surface area contributed by atoms with Gasteiger partial charge in [0.2, 0.25) is 0 Å². The molecule has 1 amide bonds. The van der Waals surface area contributed by atoms with Crippen LogP contribution in [0.2, 0.25) is 5.02 Å². The lowest BCUT2D eigenvalue weighted by atomic mass is 10.1. The van der Waals surface area contributed by atoms with Crippen LogP contribution in [0.15, 0.2) is 24.3 Å². The summed E-state index contributed by atoms with van der Waals surface area (Å²) in [5, 5.41) is 12.4. The molecular weight excluding hydrogens is 326 g/mol. The van der Waals surface area contributed by atoms with Gasteiger partial charge in [0.15, 0.2) is 5.69 Å². The quantitative estimate of drug-likeness (QED) is 0.921. The molecule has 1 aromatic carbocycles. The highest BCUT2D eigenvalue weighted by Gasteiger charge is 2.25. The highest BCUT2D eigenvalue weighted by atomic mass is 35.5. The maximum Gasteiger partial charge on any atom is 0.276 e. The summed E-state index contributed by atoms with van der Waals surface area (Å²) >= 11 is 6.09. The van der Waals surface area contributed by atoms with E-state index in [4.69, 9.17) is 11.6 Å². The standard InChI is InChI=1S/C17H22ClN5O/c1-2-5-15-16(17(24)22-10-4-8-19-9-11-22)20-21-23(15)14-7-3-6-13(18)12-14/h3,6-7,12,19H,2,4-5,8-11H2,1H3. The third-order valence-corrected chi connectivity index (χ3v) is 4.37. The van der Waals surface area contributed by atoms with Crippen LogP contribution in [-0.2, 0) is 6.42 Å². The number of aromatic nitrogens is 3. The third kappa shape index (κ3) is 3.60. The van der Waals surface area contributed by atoms with E-state index < -0.39 is 0 Å². The first kappa shape index (κ1) is 16.9. The maximum atomic E-state index is 12.9. The fraction of sp³-hybridized carbons (Fsp3) is 0.471. The molecule has 24 heavy (non-hydrogen) atoms. The maximum absolute atomic E-state index is 12.9. The molecule has 0 bridgehead atoms. The largest absolute Gasteiger partial charge is 0.336 e. The van der Waals surface area contributed by atoms with Gasteiger partial charge in [-0.2, -0.15) is 0 Å². The van der Waals surface area contributed by atoms with E-state index in [0.717, 1.165) is 50.3 Å². The normalized spacial score (nSPS) is 15.3. The molecule has 0 radical (unpaired) electrons. The number of carbonyl (C=O) groups is 1. The van der Waals surface area contributed by atoms with E-state index in [-0.39, 0.29) is 5.91 Å². The Labute approximate surface area is 146 Å². The van der Waals surface area contributed by atoms with Gasteiger partial charge >= 0.3 is 0 Å². The summed E-state index contributed by atoms with van der Waals surface area (Å²) in [4.78, 5) is 14.8. The van der Waals surface area contributed by atoms with Gasteiger partial charge in [-0.25, -0.2) is 4.68 Å². The Morgan fingerprint density at radius 2 is 2.21 bits per heavy atom. The Hall–Kier alpha value is -1.92. The number of halogens is 1. The second kappa shape index (κ2) is 7.77. The summed E-state index contributed by atoms with van der Waals surface area (Å²) in [5.41, 5.74) is 2.13. The van der Waals surface area contributed by atoms with Crippen LogP contribution in [0.25, 0.3) is 5.69 Å². The van der Waals surface area contributed by atoms with Crippen LogP contribution in [0.4, 0.5) is 0 Å². The molecule has 0 saturated carbocycles. The highest BCUT2D eigenvalue weighted by Crippen LogP contribution is 2.19. The minimum absolute atomic E-state index is 0.0320. The second-order valence-corrected chi connectivity index (χ2v) is 6.36. The lowest BCUT2D eigenvalue weighted by Crippen LogP contribution is -2.35. The number of nitrogens with one attached hydrogen (secondary N) is 1. The van der Waals surface area contributed by atoms with Gasteiger partial charge < -0.3 is 10.2 Å². The third-order valence-electron chi connectivity index (χ3n) is 4.13. The molecule has 0 unspecified atom stereocenters. The summed E-state index contributed by atoms with van der Waals surface area (Å²) < 4.78 is 1.73. The topological polar surface area (TPSA) is 63.1 Å². The Bertz CT molecular complexity index is 707. The fourth-order valence-electron chi connectivity index (χ4n) is 2.94. The average molecular weight is 348 g/mol. The van der Waals surface area contributed by atoms with Crippen LogP contribution >= 0.6 is 11.6 Å². The van der Waals surface area contributed by atoms with Crippen LogP contribution in [0.3, 0.4) is 0 Å². The minimum atomic E-state index is -0.0320. The molecule has 1 fully saturated rings. The van der Waals surface area contributed by atoms with Gasteiger partial charge in [-0.15, -0.1) is 5.10 Å². The molecule has 0 aliphatic carbocycles. The zero-order chi connectivity index (χ0) is 16.9. The van der Waals surface area contributed by atoms with Crippen molar-refractivity contribution in [1.29, 1.82) is 0 Å². The van der Waals surface area contributed by atoms with Crippen molar-refractivity contribution in [3.8, 4) is 5.69 Å². The van der Waals surface area contributed by atoms with E-state index in [1.54, 1.807) is 4.68 Å². The predicted molar refractivity (Wildman–Crippen MR) is 93.8 cm³/mol. The van der Waals surface area contributed by atoms with Gasteiger partial charge in [0.05, 0.1) is 11.4 Å². The van der Waals surface area contributed by atoms with Crippen molar-refractivity contribution in [2.45, 2.75) is 26.2 Å². The number of hydrogen-bond acceptors (Lipinski definition) is 4. The van der Waals surface area contributed by atoms with E-state index in [9.17, 15) is 4.79 Å². The molecule has 0 atom stereocenters. The van der Waals surface area contributed by atoms with Crippen LogP contribution in [0.5, 0.6) is 0 Å². The lowest BCUT2D eigenvalue weighted by molar-refractivity contribution is 0.0759. The molecule has 7 heteroatoms. The van der Waals surface area contributed by atoms with Crippen molar-refractivity contribution in [1.82, 2.24) is 25.2 Å². The van der Waals surface area contributed by atoms with Crippen molar-refractivity contribution >= 4 is 17.5 Å². The Balaban J connectivity index is 1.94. The molecule has 0 spiro atoms. The minimum Gasteiger partial charge on any atom is -0.336 e. The molecule has 2 heterocycles. The van der Waals surface area contributed by atoms with Crippen LogP contribution in [0, 0.1) is 0 Å². The molecular formula is C17H22ClN5O. The fourth-order valence-corrected chi connectivity index (χ4v) is 3.13. The molecule has 2 aromatic rings. The van der Waals surface area contributed by atoms with Crippen molar-refractivity contribution in [2.75, 3.05) is 26.2 Å². The molecule has 6 nitrogen and oxygen atoms in total. The zero-order valence-corrected chi connectivity index (χ0v) is 14.6. The summed E-state index contributed by atoms with van der Waals surface area (Å²) in [7, 11) is 0. The van der Waals surface area contributed by atoms with Crippen LogP contribution < -0.4 is 5.32 Å². The Morgan fingerprint density at radius 3 is 3.00 bits per heavy atom. The van der Waals surface area contributed by atoms with Gasteiger partial charge in [0.25, 0.3) is 5.91 Å². The van der Waals surface area contributed by atoms with Crippen LogP contribution in [-0.4, -0.2) is 52.0 Å². The molecule has 1 aliphatic heterocycles. The molecule has 1 aliphatic rings. The average Bonchev–Trinajstić information content (AvgIpc) is 2.81. The zero-order valence-electron chi connectivity index (χ0n) is 13.8. The Kier molecular flexibility index (Phi) is 5.48. The first-order chi connectivity index (χ1) is 11.7. The van der Waals surface area contributed by atoms with E-state index in [1.807, 2.05) is 29.2 Å². The number of amides is 1. The molecule has 1 aromatic heterocycles. The van der Waals surface area contributed by atoms with Gasteiger partial charge in [-0.1, -0.05) is 36.2 Å². The van der Waals surface area contributed by atoms with E-state index in [2.05, 4.69) is 22.6 Å². The van der Waals surface area contributed by atoms with Crippen LogP contribution in [0.1, 0.15) is 35.9 Å². The predicted octanol–water partition coefficient (Wildman–Crippen LogP) is 2.31. The summed E-state index contributed by atoms with van der Waals surface area (Å²) in [6.07, 6.45) is 2.61. The molecule has 1 N–H and O–H groups in total. The number of hydrogen-bond donors (Lipinski definition) is 1. The number of carbonyl (C=O) groups excluding carboxylic acids is 1. The van der Waals surface area contributed by atoms with Gasteiger partial charge in [-0.05, 0) is 37.6 Å². The molecule has 1 saturated heterocycles. The number of nitrogens with zero attached hydrogens (tertiary/aromatic N) is 4. The van der Waals surface area contributed by atoms with Gasteiger partial charge in [-0.3, -0.25) is 4.79 Å². The highest BCUT2D eigenvalue weighted by molar-refractivity contribution is 6.30.